The van der Waals surface area contributed by atoms with Gasteiger partial charge in [0.05, 0.1) is 25.3 Å². The Kier molecular flexibility index (Phi) is 14.6. The first-order valence-corrected chi connectivity index (χ1v) is 21.0. The Balaban J connectivity index is 1.23. The van der Waals surface area contributed by atoms with Gasteiger partial charge in [0.2, 0.25) is 11.8 Å². The number of rotatable bonds is 13. The van der Waals surface area contributed by atoms with E-state index in [1.807, 2.05) is 0 Å². The normalized spacial score (nSPS) is 16.1. The number of carbonyl (C=O) groups excluding carboxylic acids is 3. The van der Waals surface area contributed by atoms with Gasteiger partial charge in [0.1, 0.15) is 34.7 Å². The van der Waals surface area contributed by atoms with Crippen molar-refractivity contribution in [2.24, 2.45) is 0 Å². The van der Waals surface area contributed by atoms with Crippen LogP contribution in [0.3, 0.4) is 0 Å². The van der Waals surface area contributed by atoms with Crippen molar-refractivity contribution in [3.8, 4) is 11.5 Å². The number of thioether (sulfide) groups is 1. The number of morpholine rings is 1. The topological polar surface area (TPSA) is 158 Å². The van der Waals surface area contributed by atoms with E-state index in [-0.39, 0.29) is 37.2 Å². The summed E-state index contributed by atoms with van der Waals surface area (Å²) in [5.41, 5.74) is 0.148. The van der Waals surface area contributed by atoms with E-state index in [0.717, 1.165) is 0 Å². The highest BCUT2D eigenvalue weighted by Gasteiger charge is 2.36. The van der Waals surface area contributed by atoms with Crippen LogP contribution in [0.5, 0.6) is 0 Å². The number of anilines is 1. The number of ether oxygens (including phenoxy) is 3. The Morgan fingerprint density at radius 3 is 2.05 bits per heavy atom. The number of nitrogens with one attached hydrogen (secondary N) is 2. The average Bonchev–Trinajstić information content (AvgIpc) is 3.69. The molecule has 0 bridgehead atoms. The molecule has 62 heavy (non-hydrogen) atoms. The predicted octanol–water partition coefficient (Wildman–Crippen LogP) is 8.94. The third-order valence-corrected chi connectivity index (χ3v) is 10.4. The number of amides is 3. The molecule has 5 aromatic rings. The lowest BCUT2D eigenvalue weighted by Gasteiger charge is -2.38. The summed E-state index contributed by atoms with van der Waals surface area (Å²) in [7, 11) is 0. The van der Waals surface area contributed by atoms with E-state index < -0.39 is 70.9 Å². The molecule has 3 heterocycles. The molecule has 13 nitrogen and oxygen atoms in total. The molecule has 0 spiro atoms. The summed E-state index contributed by atoms with van der Waals surface area (Å²) >= 11 is 1.26. The standard InChI is InChI=1S/C45H49F3N6O7S/c1-44(2,3)60-41(56)51-38(37(27-10-14-30(46)15-11-27)28-12-16-31(47)17-13-28)39(55)50-36-9-7-8-35(48)34(36)19-18-32-24-54(43(57)61-45(4,5)6)25-33(58-32)26-62-42-53-52-40(59-42)29-20-22-49-23-21-29/h7-17,20-23,32-33,37-38H,18-19,24-26H2,1-6H3,(H,50,55)(H,51,56)/t32-,33+,38+/m1/s1. The Bertz CT molecular complexity index is 2260. The van der Waals surface area contributed by atoms with Crippen molar-refractivity contribution in [1.29, 1.82) is 0 Å². The first-order chi connectivity index (χ1) is 29.4. The third-order valence-electron chi connectivity index (χ3n) is 9.45. The van der Waals surface area contributed by atoms with Crippen LogP contribution in [0, 0.1) is 17.5 Å². The summed E-state index contributed by atoms with van der Waals surface area (Å²) in [5.74, 6) is -2.72. The minimum Gasteiger partial charge on any atom is -0.444 e. The molecular weight excluding hydrogens is 826 g/mol. The van der Waals surface area contributed by atoms with Crippen LogP contribution in [0.4, 0.5) is 28.4 Å². The monoisotopic (exact) mass is 874 g/mol. The second kappa shape index (κ2) is 19.8. The fraction of sp³-hybridized carbons (Fsp3) is 0.378. The van der Waals surface area contributed by atoms with E-state index in [4.69, 9.17) is 18.6 Å². The summed E-state index contributed by atoms with van der Waals surface area (Å²) in [6.45, 7) is 10.7. The van der Waals surface area contributed by atoms with Gasteiger partial charge in [-0.25, -0.2) is 22.8 Å². The van der Waals surface area contributed by atoms with Crippen molar-refractivity contribution in [3.05, 3.63) is 125 Å². The lowest BCUT2D eigenvalue weighted by atomic mass is 9.84. The number of aromatic nitrogens is 3. The van der Waals surface area contributed by atoms with E-state index in [1.54, 1.807) is 71.0 Å². The smallest absolute Gasteiger partial charge is 0.410 e. The maximum Gasteiger partial charge on any atom is 0.410 e. The third kappa shape index (κ3) is 12.8. The summed E-state index contributed by atoms with van der Waals surface area (Å²) in [6, 6.07) is 17.0. The second-order valence-corrected chi connectivity index (χ2v) is 17.7. The Hall–Kier alpha value is -5.94. The van der Waals surface area contributed by atoms with Gasteiger partial charge in [0, 0.05) is 40.9 Å². The molecular formula is C45H49F3N6O7S. The number of nitrogens with zero attached hydrogens (tertiary/aromatic N) is 4. The van der Waals surface area contributed by atoms with Crippen LogP contribution in [0.15, 0.2) is 101 Å². The van der Waals surface area contributed by atoms with Gasteiger partial charge in [0.25, 0.3) is 5.22 Å². The van der Waals surface area contributed by atoms with E-state index >= 15 is 4.39 Å². The van der Waals surface area contributed by atoms with Crippen LogP contribution in [-0.2, 0) is 25.4 Å². The molecule has 3 aromatic carbocycles. The molecule has 328 valence electrons. The summed E-state index contributed by atoms with van der Waals surface area (Å²) in [4.78, 5) is 46.7. The number of benzene rings is 3. The van der Waals surface area contributed by atoms with Crippen LogP contribution in [-0.4, -0.2) is 86.5 Å². The molecule has 0 saturated carbocycles. The number of hydrogen-bond acceptors (Lipinski definition) is 11. The first kappa shape index (κ1) is 45.6. The minimum atomic E-state index is -1.42. The Labute approximate surface area is 362 Å². The average molecular weight is 875 g/mol. The summed E-state index contributed by atoms with van der Waals surface area (Å²) in [6.07, 6.45) is 0.998. The van der Waals surface area contributed by atoms with Crippen molar-refractivity contribution >= 4 is 35.5 Å². The summed E-state index contributed by atoms with van der Waals surface area (Å²) < 4.78 is 67.7. The Morgan fingerprint density at radius 2 is 1.44 bits per heavy atom. The highest BCUT2D eigenvalue weighted by atomic mass is 32.2. The zero-order valence-electron chi connectivity index (χ0n) is 35.2. The fourth-order valence-electron chi connectivity index (χ4n) is 6.79. The van der Waals surface area contributed by atoms with Crippen LogP contribution in [0.2, 0.25) is 0 Å². The zero-order valence-corrected chi connectivity index (χ0v) is 36.0. The fourth-order valence-corrected chi connectivity index (χ4v) is 7.54. The van der Waals surface area contributed by atoms with Crippen molar-refractivity contribution in [2.75, 3.05) is 24.2 Å². The van der Waals surface area contributed by atoms with Crippen molar-refractivity contribution < 1.29 is 46.2 Å². The molecule has 2 aromatic heterocycles. The largest absolute Gasteiger partial charge is 0.444 e. The highest BCUT2D eigenvalue weighted by molar-refractivity contribution is 7.99. The molecule has 1 aliphatic rings. The van der Waals surface area contributed by atoms with E-state index in [1.165, 1.54) is 78.5 Å². The second-order valence-electron chi connectivity index (χ2n) is 16.7. The number of alkyl carbamates (subject to hydrolysis) is 1. The zero-order chi connectivity index (χ0) is 44.6. The molecule has 17 heteroatoms. The van der Waals surface area contributed by atoms with Crippen molar-refractivity contribution in [1.82, 2.24) is 25.4 Å². The van der Waals surface area contributed by atoms with E-state index in [0.29, 0.717) is 33.6 Å². The quantitative estimate of drug-likeness (QED) is 0.109. The van der Waals surface area contributed by atoms with E-state index in [2.05, 4.69) is 25.8 Å². The van der Waals surface area contributed by atoms with Gasteiger partial charge in [-0.2, -0.15) is 0 Å². The molecule has 3 amide bonds. The number of pyridine rings is 1. The molecule has 6 rings (SSSR count). The molecule has 1 aliphatic heterocycles. The maximum atomic E-state index is 15.8. The van der Waals surface area contributed by atoms with Crippen LogP contribution in [0.1, 0.15) is 70.6 Å². The van der Waals surface area contributed by atoms with Gasteiger partial charge in [-0.15, -0.1) is 10.2 Å². The van der Waals surface area contributed by atoms with Crippen LogP contribution in [0.25, 0.3) is 11.5 Å². The number of halogens is 3. The van der Waals surface area contributed by atoms with E-state index in [9.17, 15) is 23.2 Å². The van der Waals surface area contributed by atoms with Crippen LogP contribution < -0.4 is 10.6 Å². The lowest BCUT2D eigenvalue weighted by Crippen LogP contribution is -2.52. The SMILES string of the molecule is CC(C)(C)OC(=O)N[C@H](C(=O)Nc1cccc(F)c1CC[C@@H]1CN(C(=O)OC(C)(C)C)C[C@@H](CSc2nnc(-c3ccncc3)o2)O1)C(c1ccc(F)cc1)c1ccc(F)cc1. The number of hydrogen-bond donors (Lipinski definition) is 2. The molecule has 0 unspecified atom stereocenters. The van der Waals surface area contributed by atoms with Gasteiger partial charge >= 0.3 is 12.2 Å². The Morgan fingerprint density at radius 1 is 0.823 bits per heavy atom. The van der Waals surface area contributed by atoms with Crippen LogP contribution >= 0.6 is 11.8 Å². The van der Waals surface area contributed by atoms with Gasteiger partial charge in [-0.3, -0.25) is 9.78 Å². The predicted molar refractivity (Wildman–Crippen MR) is 226 cm³/mol. The molecule has 0 aliphatic carbocycles. The molecule has 1 fully saturated rings. The van der Waals surface area contributed by atoms with Gasteiger partial charge in [-0.05, 0) is 114 Å². The van der Waals surface area contributed by atoms with Crippen molar-refractivity contribution in [3.63, 3.8) is 0 Å². The lowest BCUT2D eigenvalue weighted by molar-refractivity contribution is -0.118. The maximum absolute atomic E-state index is 15.8. The minimum absolute atomic E-state index is 0.0669. The highest BCUT2D eigenvalue weighted by Crippen LogP contribution is 2.32. The van der Waals surface area contributed by atoms with Crippen molar-refractivity contribution in [2.45, 2.75) is 95.0 Å². The van der Waals surface area contributed by atoms with Gasteiger partial charge in [-0.1, -0.05) is 42.1 Å². The molecule has 3 atom stereocenters. The molecule has 2 N–H and O–H groups in total. The summed E-state index contributed by atoms with van der Waals surface area (Å²) in [5, 5.41) is 14.0. The van der Waals surface area contributed by atoms with Gasteiger partial charge < -0.3 is 34.2 Å². The number of carbonyl (C=O) groups is 3. The molecule has 0 radical (unpaired) electrons. The first-order valence-electron chi connectivity index (χ1n) is 20.0. The van der Waals surface area contributed by atoms with Gasteiger partial charge in [0.15, 0.2) is 0 Å². The molecule has 1 saturated heterocycles.